The van der Waals surface area contributed by atoms with Crippen molar-refractivity contribution in [3.63, 3.8) is 0 Å². The second kappa shape index (κ2) is 15.2. The smallest absolute Gasteiger partial charge is 0.407 e. The number of amides is 4. The number of carbonyl (C=O) groups excluding carboxylic acids is 4. The van der Waals surface area contributed by atoms with E-state index in [0.29, 0.717) is 43.2 Å². The summed E-state index contributed by atoms with van der Waals surface area (Å²) in [6.45, 7) is 7.08. The molecule has 0 radical (unpaired) electrons. The van der Waals surface area contributed by atoms with Gasteiger partial charge < -0.3 is 29.7 Å². The van der Waals surface area contributed by atoms with Crippen molar-refractivity contribution in [1.82, 2.24) is 30.2 Å². The number of halogens is 2. The molecule has 18 heteroatoms. The van der Waals surface area contributed by atoms with Gasteiger partial charge in [0.1, 0.15) is 28.9 Å². The van der Waals surface area contributed by atoms with E-state index in [1.807, 2.05) is 32.9 Å². The van der Waals surface area contributed by atoms with Gasteiger partial charge in [0.15, 0.2) is 5.75 Å². The molecule has 58 heavy (non-hydrogen) atoms. The Hall–Kier alpha value is -4.61. The predicted octanol–water partition coefficient (Wildman–Crippen LogP) is 4.78. The summed E-state index contributed by atoms with van der Waals surface area (Å²) in [6.07, 6.45) is 3.82. The number of carbonyl (C=O) groups is 4. The quantitative estimate of drug-likeness (QED) is 0.325. The lowest BCUT2D eigenvalue weighted by atomic mass is 9.88. The maximum atomic E-state index is 14.7. The summed E-state index contributed by atoms with van der Waals surface area (Å²) in [4.78, 5) is 66.4. The van der Waals surface area contributed by atoms with E-state index in [9.17, 15) is 36.4 Å². The number of nitrogens with zero attached hydrogens (tertiary/aromatic N) is 3. The Bertz CT molecular complexity index is 2140. The topological polar surface area (TPSA) is 195 Å². The molecule has 2 aliphatic carbocycles. The van der Waals surface area contributed by atoms with E-state index in [4.69, 9.17) is 14.2 Å². The lowest BCUT2D eigenvalue weighted by Gasteiger charge is -2.36. The Balaban J connectivity index is 1.25. The second-order valence-corrected chi connectivity index (χ2v) is 20.1. The number of ether oxygens (including phenoxy) is 3. The summed E-state index contributed by atoms with van der Waals surface area (Å²) in [5, 5.41) is 5.55. The molecule has 316 valence electrons. The molecule has 3 fully saturated rings. The van der Waals surface area contributed by atoms with Crippen LogP contribution in [-0.4, -0.2) is 95.3 Å². The third-order valence-corrected chi connectivity index (χ3v) is 14.1. The van der Waals surface area contributed by atoms with Gasteiger partial charge in [-0.05, 0) is 69.8 Å². The Kier molecular flexibility index (Phi) is 10.9. The van der Waals surface area contributed by atoms with Crippen LogP contribution in [0.4, 0.5) is 13.6 Å². The molecule has 0 aromatic carbocycles. The fourth-order valence-electron chi connectivity index (χ4n) is 8.12. The Labute approximate surface area is 336 Å². The number of hydrogen-bond acceptors (Lipinski definition) is 11. The van der Waals surface area contributed by atoms with Gasteiger partial charge in [-0.25, -0.2) is 32.0 Å². The molecular formula is C40H52F2N6O9S. The first-order valence-corrected chi connectivity index (χ1v) is 21.4. The summed E-state index contributed by atoms with van der Waals surface area (Å²) >= 11 is 0. The van der Waals surface area contributed by atoms with Gasteiger partial charge in [0.2, 0.25) is 27.7 Å². The zero-order chi connectivity index (χ0) is 41.8. The molecule has 3 N–H and O–H groups in total. The molecule has 4 amide bonds. The molecule has 7 rings (SSSR count). The van der Waals surface area contributed by atoms with Gasteiger partial charge in [-0.15, -0.1) is 0 Å². The molecule has 5 aliphatic rings. The third kappa shape index (κ3) is 8.17. The first-order chi connectivity index (χ1) is 27.3. The van der Waals surface area contributed by atoms with E-state index < -0.39 is 79.8 Å². The molecule has 5 atom stereocenters. The highest BCUT2D eigenvalue weighted by Gasteiger charge is 2.64. The zero-order valence-electron chi connectivity index (χ0n) is 33.5. The van der Waals surface area contributed by atoms with E-state index in [-0.39, 0.29) is 67.8 Å². The number of aromatic nitrogens is 2. The van der Waals surface area contributed by atoms with E-state index >= 15 is 0 Å². The standard InChI is InChI=1S/C40H52F2N6O9S/c1-37(2,3)22-56-36(52)44-26-12-10-8-6-7-9-11-23-19-40(23,35(51)47-58(53,54)38(4)17-18-38)46-33(49)27-20-39(21-48(27)34(26)50)16-15-24-29-25(13-14-28(45-29)55-5)43-30(32(41)42)31(24)57-39/h9,11,13-14,23,26-27,32H,6-8,10,12,15-22H2,1-5H3,(H,44,52)(H,46,49)(H,47,51)/b11-9-/t23-,26+,27+,39-,40-/m1/s1. The number of aryl methyl sites for hydroxylation is 1. The number of pyridine rings is 2. The van der Waals surface area contributed by atoms with Crippen LogP contribution in [0, 0.1) is 11.3 Å². The maximum Gasteiger partial charge on any atom is 0.407 e. The van der Waals surface area contributed by atoms with E-state index in [1.165, 1.54) is 24.1 Å². The molecule has 2 aromatic heterocycles. The number of hydrogen-bond donors (Lipinski definition) is 3. The lowest BCUT2D eigenvalue weighted by molar-refractivity contribution is -0.141. The highest BCUT2D eigenvalue weighted by molar-refractivity contribution is 7.91. The summed E-state index contributed by atoms with van der Waals surface area (Å²) in [5.74, 6) is -2.69. The zero-order valence-corrected chi connectivity index (χ0v) is 34.3. The molecule has 2 aromatic rings. The molecule has 0 bridgehead atoms. The number of sulfonamides is 1. The number of fused-ring (bicyclic) bond motifs is 5. The highest BCUT2D eigenvalue weighted by Crippen LogP contribution is 2.49. The Morgan fingerprint density at radius 1 is 1.10 bits per heavy atom. The van der Waals surface area contributed by atoms with Gasteiger partial charge >= 0.3 is 6.09 Å². The van der Waals surface area contributed by atoms with Crippen LogP contribution in [-0.2, 0) is 35.6 Å². The molecule has 3 aliphatic heterocycles. The van der Waals surface area contributed by atoms with Crippen LogP contribution in [0.2, 0.25) is 0 Å². The minimum Gasteiger partial charge on any atom is -0.483 e. The molecule has 15 nitrogen and oxygen atoms in total. The van der Waals surface area contributed by atoms with Gasteiger partial charge in [0.05, 0.1) is 36.0 Å². The summed E-state index contributed by atoms with van der Waals surface area (Å²) in [6, 6.07) is 0.633. The molecule has 0 unspecified atom stereocenters. The molecule has 5 heterocycles. The third-order valence-electron chi connectivity index (χ3n) is 12.0. The first-order valence-electron chi connectivity index (χ1n) is 19.9. The molecule has 1 saturated heterocycles. The minimum absolute atomic E-state index is 0.0767. The number of alkyl halides is 2. The predicted molar refractivity (Wildman–Crippen MR) is 206 cm³/mol. The van der Waals surface area contributed by atoms with Crippen molar-refractivity contribution in [2.45, 2.75) is 133 Å². The number of nitrogens with one attached hydrogen (secondary N) is 3. The highest BCUT2D eigenvalue weighted by atomic mass is 32.2. The summed E-state index contributed by atoms with van der Waals surface area (Å²) in [5.41, 5.74) is -3.02. The van der Waals surface area contributed by atoms with Crippen molar-refractivity contribution in [3.8, 4) is 11.6 Å². The van der Waals surface area contributed by atoms with Crippen molar-refractivity contribution < 1.29 is 50.6 Å². The van der Waals surface area contributed by atoms with Crippen molar-refractivity contribution in [2.75, 3.05) is 20.3 Å². The molecule has 2 saturated carbocycles. The van der Waals surface area contributed by atoms with Gasteiger partial charge in [-0.1, -0.05) is 45.8 Å². The maximum absolute atomic E-state index is 14.7. The molecule has 1 spiro atoms. The molecular weight excluding hydrogens is 779 g/mol. The lowest BCUT2D eigenvalue weighted by Crippen LogP contribution is -2.58. The average molecular weight is 831 g/mol. The fourth-order valence-corrected chi connectivity index (χ4v) is 9.43. The van der Waals surface area contributed by atoms with Crippen molar-refractivity contribution in [2.24, 2.45) is 11.3 Å². The van der Waals surface area contributed by atoms with Crippen LogP contribution in [0.25, 0.3) is 11.0 Å². The monoisotopic (exact) mass is 830 g/mol. The Morgan fingerprint density at radius 2 is 1.86 bits per heavy atom. The van der Waals surface area contributed by atoms with Crippen molar-refractivity contribution in [1.29, 1.82) is 0 Å². The van der Waals surface area contributed by atoms with Crippen LogP contribution in [0.5, 0.6) is 11.6 Å². The van der Waals surface area contributed by atoms with Crippen molar-refractivity contribution in [3.05, 3.63) is 35.5 Å². The van der Waals surface area contributed by atoms with E-state index in [1.54, 1.807) is 6.92 Å². The van der Waals surface area contributed by atoms with Gasteiger partial charge in [-0.2, -0.15) is 0 Å². The summed E-state index contributed by atoms with van der Waals surface area (Å²) < 4.78 is 74.2. The normalized spacial score (nSPS) is 28.8. The van der Waals surface area contributed by atoms with Gasteiger partial charge in [0.25, 0.3) is 12.3 Å². The van der Waals surface area contributed by atoms with Crippen LogP contribution in [0.3, 0.4) is 0 Å². The van der Waals surface area contributed by atoms with E-state index in [2.05, 4.69) is 25.3 Å². The SMILES string of the molecule is COc1ccc2nc(C(F)F)c3c(c2n1)CC[C@]1(C[C@H]2C(=O)N[C@]4(C(=O)NS(=O)(=O)C5(C)CC5)C[C@H]4/C=C\CCCCC[C@H](NC(=O)OCC(C)(C)C)C(=O)N2C1)O3. The number of allylic oxidation sites excluding steroid dienone is 1. The van der Waals surface area contributed by atoms with E-state index in [0.717, 1.165) is 6.42 Å². The van der Waals surface area contributed by atoms with Crippen LogP contribution >= 0.6 is 0 Å². The van der Waals surface area contributed by atoms with Gasteiger partial charge in [-0.3, -0.25) is 19.1 Å². The average Bonchev–Trinajstić information content (AvgIpc) is 4.06. The first kappa shape index (κ1) is 41.5. The number of rotatable bonds is 7. The van der Waals surface area contributed by atoms with Crippen molar-refractivity contribution >= 4 is 44.9 Å². The Morgan fingerprint density at radius 3 is 2.55 bits per heavy atom. The summed E-state index contributed by atoms with van der Waals surface area (Å²) in [7, 11) is -2.63. The largest absolute Gasteiger partial charge is 0.483 e. The minimum atomic E-state index is -4.06. The van der Waals surface area contributed by atoms with Gasteiger partial charge in [0, 0.05) is 24.0 Å². The van der Waals surface area contributed by atoms with Crippen LogP contribution in [0.1, 0.15) is 110 Å². The number of methoxy groups -OCH3 is 1. The van der Waals surface area contributed by atoms with Crippen LogP contribution < -0.4 is 24.8 Å². The van der Waals surface area contributed by atoms with Crippen LogP contribution in [0.15, 0.2) is 24.3 Å². The second-order valence-electron chi connectivity index (χ2n) is 17.9. The fraction of sp³-hybridized carbons (Fsp3) is 0.650. The number of alkyl carbamates (subject to hydrolysis) is 1.